The minimum Gasteiger partial charge on any atom is -0.383 e. The van der Waals surface area contributed by atoms with Gasteiger partial charge in [-0.15, -0.1) is 0 Å². The van der Waals surface area contributed by atoms with Crippen LogP contribution < -0.4 is 10.6 Å². The number of amides is 1. The first kappa shape index (κ1) is 14.6. The molecule has 4 nitrogen and oxygen atoms in total. The number of benzene rings is 1. The molecule has 0 bridgehead atoms. The number of halogens is 1. The monoisotopic (exact) mass is 254 g/mol. The fourth-order valence-electron chi connectivity index (χ4n) is 1.43. The Morgan fingerprint density at radius 2 is 2.11 bits per heavy atom. The van der Waals surface area contributed by atoms with Gasteiger partial charge in [0.25, 0.3) is 0 Å². The van der Waals surface area contributed by atoms with Gasteiger partial charge in [0.05, 0.1) is 6.61 Å². The summed E-state index contributed by atoms with van der Waals surface area (Å²) in [6, 6.07) is 6.41. The molecule has 0 aliphatic carbocycles. The van der Waals surface area contributed by atoms with E-state index in [0.29, 0.717) is 25.1 Å². The molecule has 100 valence electrons. The Morgan fingerprint density at radius 3 is 2.83 bits per heavy atom. The SMILES string of the molecule is COCCNCCC(=O)NCc1ccccc1F. The molecule has 0 heterocycles. The van der Waals surface area contributed by atoms with Crippen LogP contribution in [0.3, 0.4) is 0 Å². The summed E-state index contributed by atoms with van der Waals surface area (Å²) in [6.45, 7) is 2.16. The van der Waals surface area contributed by atoms with Crippen LogP contribution in [0.1, 0.15) is 12.0 Å². The van der Waals surface area contributed by atoms with Crippen LogP contribution in [0, 0.1) is 5.82 Å². The first-order valence-corrected chi connectivity index (χ1v) is 5.94. The van der Waals surface area contributed by atoms with Crippen molar-refractivity contribution in [1.29, 1.82) is 0 Å². The van der Waals surface area contributed by atoms with Gasteiger partial charge < -0.3 is 15.4 Å². The first-order valence-electron chi connectivity index (χ1n) is 5.94. The molecule has 5 heteroatoms. The predicted octanol–water partition coefficient (Wildman–Crippen LogP) is 1.07. The molecule has 0 fully saturated rings. The van der Waals surface area contributed by atoms with Gasteiger partial charge in [0.1, 0.15) is 5.82 Å². The van der Waals surface area contributed by atoms with E-state index >= 15 is 0 Å². The second-order valence-electron chi connectivity index (χ2n) is 3.86. The summed E-state index contributed by atoms with van der Waals surface area (Å²) in [5.74, 6) is -0.390. The highest BCUT2D eigenvalue weighted by molar-refractivity contribution is 5.76. The summed E-state index contributed by atoms with van der Waals surface area (Å²) in [4.78, 5) is 11.5. The van der Waals surface area contributed by atoms with Crippen molar-refractivity contribution in [2.75, 3.05) is 26.8 Å². The molecule has 1 rings (SSSR count). The molecule has 0 saturated heterocycles. The molecule has 2 N–H and O–H groups in total. The fourth-order valence-corrected chi connectivity index (χ4v) is 1.43. The topological polar surface area (TPSA) is 50.4 Å². The van der Waals surface area contributed by atoms with E-state index in [1.807, 2.05) is 0 Å². The highest BCUT2D eigenvalue weighted by Gasteiger charge is 2.03. The predicted molar refractivity (Wildman–Crippen MR) is 67.6 cm³/mol. The van der Waals surface area contributed by atoms with Crippen LogP contribution in [0.15, 0.2) is 24.3 Å². The van der Waals surface area contributed by atoms with E-state index in [1.54, 1.807) is 25.3 Å². The highest BCUT2D eigenvalue weighted by atomic mass is 19.1. The molecular weight excluding hydrogens is 235 g/mol. The number of hydrogen-bond donors (Lipinski definition) is 2. The van der Waals surface area contributed by atoms with Gasteiger partial charge in [-0.25, -0.2) is 4.39 Å². The normalized spacial score (nSPS) is 10.3. The molecule has 18 heavy (non-hydrogen) atoms. The molecule has 0 spiro atoms. The van der Waals surface area contributed by atoms with E-state index in [-0.39, 0.29) is 18.3 Å². The quantitative estimate of drug-likeness (QED) is 0.682. The van der Waals surface area contributed by atoms with Crippen molar-refractivity contribution in [3.63, 3.8) is 0 Å². The zero-order chi connectivity index (χ0) is 13.2. The number of methoxy groups -OCH3 is 1. The van der Waals surface area contributed by atoms with Gasteiger partial charge in [-0.2, -0.15) is 0 Å². The van der Waals surface area contributed by atoms with Crippen LogP contribution in [0.5, 0.6) is 0 Å². The maximum Gasteiger partial charge on any atom is 0.221 e. The number of ether oxygens (including phenoxy) is 1. The van der Waals surface area contributed by atoms with Crippen LogP contribution in [-0.2, 0) is 16.1 Å². The summed E-state index contributed by atoms with van der Waals surface area (Å²) in [6.07, 6.45) is 0.373. The van der Waals surface area contributed by atoms with Gasteiger partial charge in [-0.3, -0.25) is 4.79 Å². The van der Waals surface area contributed by atoms with Gasteiger partial charge in [0.2, 0.25) is 5.91 Å². The van der Waals surface area contributed by atoms with E-state index < -0.39 is 0 Å². The van der Waals surface area contributed by atoms with E-state index in [2.05, 4.69) is 10.6 Å². The standard InChI is InChI=1S/C13H19FN2O2/c1-18-9-8-15-7-6-13(17)16-10-11-4-2-3-5-12(11)14/h2-5,15H,6-10H2,1H3,(H,16,17). The number of carbonyl (C=O) groups excluding carboxylic acids is 1. The van der Waals surface area contributed by atoms with Gasteiger partial charge in [-0.05, 0) is 6.07 Å². The molecule has 0 unspecified atom stereocenters. The molecule has 0 atom stereocenters. The molecule has 0 saturated carbocycles. The van der Waals surface area contributed by atoms with Crippen molar-refractivity contribution >= 4 is 5.91 Å². The van der Waals surface area contributed by atoms with Gasteiger partial charge >= 0.3 is 0 Å². The smallest absolute Gasteiger partial charge is 0.221 e. The average Bonchev–Trinajstić information content (AvgIpc) is 2.37. The lowest BCUT2D eigenvalue weighted by Gasteiger charge is -2.07. The second kappa shape index (κ2) is 8.60. The zero-order valence-corrected chi connectivity index (χ0v) is 10.5. The first-order chi connectivity index (χ1) is 8.74. The summed E-state index contributed by atoms with van der Waals surface area (Å²) in [5.41, 5.74) is 0.498. The summed E-state index contributed by atoms with van der Waals surface area (Å²) < 4.78 is 18.1. The molecule has 0 aliphatic heterocycles. The third kappa shape index (κ3) is 5.75. The van der Waals surface area contributed by atoms with Crippen molar-refractivity contribution < 1.29 is 13.9 Å². The number of carbonyl (C=O) groups is 1. The highest BCUT2D eigenvalue weighted by Crippen LogP contribution is 2.05. The van der Waals surface area contributed by atoms with Crippen molar-refractivity contribution in [3.8, 4) is 0 Å². The Labute approximate surface area is 107 Å². The number of rotatable bonds is 8. The van der Waals surface area contributed by atoms with Crippen molar-refractivity contribution in [1.82, 2.24) is 10.6 Å². The van der Waals surface area contributed by atoms with Crippen LogP contribution in [0.4, 0.5) is 4.39 Å². The fraction of sp³-hybridized carbons (Fsp3) is 0.462. The minimum atomic E-state index is -0.295. The Balaban J connectivity index is 2.15. The van der Waals surface area contributed by atoms with Crippen LogP contribution >= 0.6 is 0 Å². The molecule has 1 aromatic rings. The lowest BCUT2D eigenvalue weighted by molar-refractivity contribution is -0.121. The molecule has 0 radical (unpaired) electrons. The van der Waals surface area contributed by atoms with Crippen molar-refractivity contribution in [3.05, 3.63) is 35.6 Å². The second-order valence-corrected chi connectivity index (χ2v) is 3.86. The molecular formula is C13H19FN2O2. The molecule has 1 amide bonds. The third-order valence-corrected chi connectivity index (χ3v) is 2.45. The van der Waals surface area contributed by atoms with Crippen LogP contribution in [-0.4, -0.2) is 32.7 Å². The maximum absolute atomic E-state index is 13.3. The van der Waals surface area contributed by atoms with E-state index in [9.17, 15) is 9.18 Å². The molecule has 0 aromatic heterocycles. The Hall–Kier alpha value is -1.46. The largest absolute Gasteiger partial charge is 0.383 e. The Morgan fingerprint density at radius 1 is 1.33 bits per heavy atom. The van der Waals surface area contributed by atoms with Crippen molar-refractivity contribution in [2.45, 2.75) is 13.0 Å². The maximum atomic E-state index is 13.3. The number of hydrogen-bond acceptors (Lipinski definition) is 3. The van der Waals surface area contributed by atoms with Gasteiger partial charge in [-0.1, -0.05) is 18.2 Å². The zero-order valence-electron chi connectivity index (χ0n) is 10.5. The van der Waals surface area contributed by atoms with Crippen LogP contribution in [0.2, 0.25) is 0 Å². The van der Waals surface area contributed by atoms with E-state index in [4.69, 9.17) is 4.74 Å². The Bertz CT molecular complexity index is 372. The molecule has 0 aliphatic rings. The summed E-state index contributed by atoms with van der Waals surface area (Å²) in [5, 5.41) is 5.75. The minimum absolute atomic E-state index is 0.0943. The lowest BCUT2D eigenvalue weighted by atomic mass is 10.2. The number of nitrogens with one attached hydrogen (secondary N) is 2. The van der Waals surface area contributed by atoms with Crippen LogP contribution in [0.25, 0.3) is 0 Å². The summed E-state index contributed by atoms with van der Waals surface area (Å²) >= 11 is 0. The van der Waals surface area contributed by atoms with E-state index in [0.717, 1.165) is 6.54 Å². The third-order valence-electron chi connectivity index (χ3n) is 2.45. The lowest BCUT2D eigenvalue weighted by Crippen LogP contribution is -2.28. The van der Waals surface area contributed by atoms with E-state index in [1.165, 1.54) is 6.07 Å². The van der Waals surface area contributed by atoms with Gasteiger partial charge in [0.15, 0.2) is 0 Å². The Kier molecular flexibility index (Phi) is 6.98. The molecule has 1 aromatic carbocycles. The summed E-state index contributed by atoms with van der Waals surface area (Å²) in [7, 11) is 1.63. The van der Waals surface area contributed by atoms with Crippen molar-refractivity contribution in [2.24, 2.45) is 0 Å². The van der Waals surface area contributed by atoms with Gasteiger partial charge in [0, 0.05) is 38.7 Å². The average molecular weight is 254 g/mol.